The van der Waals surface area contributed by atoms with Crippen LogP contribution >= 0.6 is 15.9 Å². The van der Waals surface area contributed by atoms with Gasteiger partial charge in [0.2, 0.25) is 6.79 Å². The summed E-state index contributed by atoms with van der Waals surface area (Å²) in [5, 5.41) is 0. The van der Waals surface area contributed by atoms with Gasteiger partial charge in [-0.2, -0.15) is 0 Å². The normalized spacial score (nSPS) is 13.2. The molecule has 1 heterocycles. The average Bonchev–Trinajstić information content (AvgIpc) is 2.88. The van der Waals surface area contributed by atoms with Crippen molar-refractivity contribution in [3.8, 4) is 11.5 Å². The largest absolute Gasteiger partial charge is 0.454 e. The van der Waals surface area contributed by atoms with Crippen LogP contribution in [0.25, 0.3) is 0 Å². The molecule has 2 aromatic carbocycles. The monoisotopic (exact) mass is 369 g/mol. The van der Waals surface area contributed by atoms with E-state index in [4.69, 9.17) is 9.47 Å². The number of ether oxygens (including phenoxy) is 2. The molecular weight excluding hydrogens is 358 g/mol. The van der Waals surface area contributed by atoms with Crippen LogP contribution in [0.4, 0.5) is 5.69 Å². The first-order chi connectivity index (χ1) is 9.95. The van der Waals surface area contributed by atoms with Gasteiger partial charge in [-0.05, 0) is 36.8 Å². The van der Waals surface area contributed by atoms with E-state index in [1.807, 2.05) is 0 Å². The Morgan fingerprint density at radius 1 is 1.10 bits per heavy atom. The van der Waals surface area contributed by atoms with Crippen LogP contribution in [-0.4, -0.2) is 15.2 Å². The van der Waals surface area contributed by atoms with E-state index in [-0.39, 0.29) is 11.7 Å². The zero-order chi connectivity index (χ0) is 15.0. The summed E-state index contributed by atoms with van der Waals surface area (Å²) in [6.07, 6.45) is 0. The van der Waals surface area contributed by atoms with Crippen molar-refractivity contribution in [1.29, 1.82) is 0 Å². The van der Waals surface area contributed by atoms with E-state index in [1.165, 1.54) is 0 Å². The van der Waals surface area contributed by atoms with Gasteiger partial charge in [0.25, 0.3) is 10.0 Å². The lowest BCUT2D eigenvalue weighted by atomic mass is 10.2. The zero-order valence-corrected chi connectivity index (χ0v) is 13.5. The maximum absolute atomic E-state index is 12.5. The second-order valence-corrected chi connectivity index (χ2v) is 7.15. The van der Waals surface area contributed by atoms with Gasteiger partial charge in [0.15, 0.2) is 11.5 Å². The molecule has 3 rings (SSSR count). The standard InChI is InChI=1S/C14H12BrNO4S/c1-9-2-3-10(15)6-14(9)21(17,18)16-11-4-5-12-13(7-11)20-8-19-12/h2-7,16H,8H2,1H3. The van der Waals surface area contributed by atoms with Gasteiger partial charge in [-0.25, -0.2) is 8.42 Å². The van der Waals surface area contributed by atoms with Gasteiger partial charge in [-0.15, -0.1) is 0 Å². The first kappa shape index (κ1) is 14.2. The van der Waals surface area contributed by atoms with Gasteiger partial charge in [0.1, 0.15) is 0 Å². The Balaban J connectivity index is 1.94. The Kier molecular flexibility index (Phi) is 3.54. The topological polar surface area (TPSA) is 64.6 Å². The van der Waals surface area contributed by atoms with Crippen LogP contribution in [0.5, 0.6) is 11.5 Å². The fraction of sp³-hybridized carbons (Fsp3) is 0.143. The molecule has 0 fully saturated rings. The number of halogens is 1. The summed E-state index contributed by atoms with van der Waals surface area (Å²) in [7, 11) is -3.66. The number of sulfonamides is 1. The predicted molar refractivity (Wildman–Crippen MR) is 82.3 cm³/mol. The summed E-state index contributed by atoms with van der Waals surface area (Å²) in [5.41, 5.74) is 1.10. The fourth-order valence-electron chi connectivity index (χ4n) is 2.03. The number of benzene rings is 2. The van der Waals surface area contributed by atoms with E-state index < -0.39 is 10.0 Å². The van der Waals surface area contributed by atoms with Crippen molar-refractivity contribution in [3.63, 3.8) is 0 Å². The molecule has 0 aliphatic carbocycles. The van der Waals surface area contributed by atoms with Crippen molar-refractivity contribution < 1.29 is 17.9 Å². The number of anilines is 1. The average molecular weight is 370 g/mol. The highest BCUT2D eigenvalue weighted by Gasteiger charge is 2.19. The first-order valence-electron chi connectivity index (χ1n) is 6.14. The second-order valence-electron chi connectivity index (χ2n) is 4.58. The molecule has 0 saturated heterocycles. The number of hydrogen-bond donors (Lipinski definition) is 1. The number of fused-ring (bicyclic) bond motifs is 1. The molecule has 110 valence electrons. The lowest BCUT2D eigenvalue weighted by Crippen LogP contribution is -2.14. The Labute approximate surface area is 131 Å². The number of aryl methyl sites for hydroxylation is 1. The van der Waals surface area contributed by atoms with E-state index in [1.54, 1.807) is 43.3 Å². The van der Waals surface area contributed by atoms with E-state index in [0.717, 1.165) is 0 Å². The minimum Gasteiger partial charge on any atom is -0.454 e. The molecule has 0 saturated carbocycles. The molecule has 7 heteroatoms. The molecule has 21 heavy (non-hydrogen) atoms. The van der Waals surface area contributed by atoms with Crippen molar-refractivity contribution in [3.05, 3.63) is 46.4 Å². The Bertz CT molecular complexity index is 805. The summed E-state index contributed by atoms with van der Waals surface area (Å²) in [4.78, 5) is 0.231. The molecule has 0 unspecified atom stereocenters. The van der Waals surface area contributed by atoms with E-state index >= 15 is 0 Å². The highest BCUT2D eigenvalue weighted by molar-refractivity contribution is 9.10. The highest BCUT2D eigenvalue weighted by Crippen LogP contribution is 2.35. The van der Waals surface area contributed by atoms with Crippen LogP contribution in [-0.2, 0) is 10.0 Å². The number of rotatable bonds is 3. The van der Waals surface area contributed by atoms with Crippen LogP contribution in [0.3, 0.4) is 0 Å². The van der Waals surface area contributed by atoms with Gasteiger partial charge in [-0.3, -0.25) is 4.72 Å². The van der Waals surface area contributed by atoms with Crippen molar-refractivity contribution >= 4 is 31.6 Å². The molecule has 5 nitrogen and oxygen atoms in total. The molecule has 0 atom stereocenters. The molecule has 1 aliphatic rings. The van der Waals surface area contributed by atoms with Crippen molar-refractivity contribution in [2.75, 3.05) is 11.5 Å². The van der Waals surface area contributed by atoms with Crippen molar-refractivity contribution in [2.24, 2.45) is 0 Å². The predicted octanol–water partition coefficient (Wildman–Crippen LogP) is 3.29. The minimum absolute atomic E-state index is 0.149. The number of hydrogen-bond acceptors (Lipinski definition) is 4. The van der Waals surface area contributed by atoms with Gasteiger partial charge < -0.3 is 9.47 Å². The van der Waals surface area contributed by atoms with Gasteiger partial charge in [-0.1, -0.05) is 22.0 Å². The molecule has 0 bridgehead atoms. The minimum atomic E-state index is -3.66. The van der Waals surface area contributed by atoms with Crippen molar-refractivity contribution in [2.45, 2.75) is 11.8 Å². The summed E-state index contributed by atoms with van der Waals surface area (Å²) >= 11 is 3.29. The lowest BCUT2D eigenvalue weighted by Gasteiger charge is -2.11. The Morgan fingerprint density at radius 3 is 2.67 bits per heavy atom. The Morgan fingerprint density at radius 2 is 1.86 bits per heavy atom. The molecule has 1 aliphatic heterocycles. The third-order valence-corrected chi connectivity index (χ3v) is 5.08. The first-order valence-corrected chi connectivity index (χ1v) is 8.42. The SMILES string of the molecule is Cc1ccc(Br)cc1S(=O)(=O)Nc1ccc2c(c1)OCO2. The van der Waals surface area contributed by atoms with Gasteiger partial charge >= 0.3 is 0 Å². The van der Waals surface area contributed by atoms with Crippen LogP contribution in [0.15, 0.2) is 45.8 Å². The van der Waals surface area contributed by atoms with Gasteiger partial charge in [0, 0.05) is 10.5 Å². The maximum Gasteiger partial charge on any atom is 0.262 e. The fourth-order valence-corrected chi connectivity index (χ4v) is 3.87. The third kappa shape index (κ3) is 2.84. The molecule has 2 aromatic rings. The summed E-state index contributed by atoms with van der Waals surface area (Å²) < 4.78 is 38.6. The van der Waals surface area contributed by atoms with Crippen LogP contribution in [0.2, 0.25) is 0 Å². The molecule has 0 amide bonds. The smallest absolute Gasteiger partial charge is 0.262 e. The Hall–Kier alpha value is -1.73. The molecule has 0 spiro atoms. The zero-order valence-electron chi connectivity index (χ0n) is 11.1. The summed E-state index contributed by atoms with van der Waals surface area (Å²) in [5.74, 6) is 1.14. The van der Waals surface area contributed by atoms with Crippen LogP contribution in [0, 0.1) is 6.92 Å². The molecule has 0 radical (unpaired) electrons. The van der Waals surface area contributed by atoms with E-state index in [2.05, 4.69) is 20.7 Å². The van der Waals surface area contributed by atoms with Crippen LogP contribution in [0.1, 0.15) is 5.56 Å². The summed E-state index contributed by atoms with van der Waals surface area (Å²) in [6.45, 7) is 1.90. The number of nitrogens with one attached hydrogen (secondary N) is 1. The maximum atomic E-state index is 12.5. The molecular formula is C14H12BrNO4S. The highest BCUT2D eigenvalue weighted by atomic mass is 79.9. The molecule has 0 aromatic heterocycles. The lowest BCUT2D eigenvalue weighted by molar-refractivity contribution is 0.174. The van der Waals surface area contributed by atoms with Gasteiger partial charge in [0.05, 0.1) is 10.6 Å². The quantitative estimate of drug-likeness (QED) is 0.901. The van der Waals surface area contributed by atoms with E-state index in [0.29, 0.717) is 27.2 Å². The third-order valence-electron chi connectivity index (χ3n) is 3.06. The molecule has 1 N–H and O–H groups in total. The second kappa shape index (κ2) is 5.23. The van der Waals surface area contributed by atoms with Crippen LogP contribution < -0.4 is 14.2 Å². The van der Waals surface area contributed by atoms with Crippen molar-refractivity contribution in [1.82, 2.24) is 0 Å². The summed E-state index contributed by atoms with van der Waals surface area (Å²) in [6, 6.07) is 10.0. The van der Waals surface area contributed by atoms with E-state index in [9.17, 15) is 8.42 Å².